The van der Waals surface area contributed by atoms with Gasteiger partial charge in [-0.05, 0) is 61.6 Å². The molecule has 3 aromatic rings. The first-order chi connectivity index (χ1) is 19.5. The van der Waals surface area contributed by atoms with E-state index < -0.39 is 5.97 Å². The minimum atomic E-state index is -0.425. The third-order valence-electron chi connectivity index (χ3n) is 7.65. The predicted octanol–water partition coefficient (Wildman–Crippen LogP) is 4.76. The van der Waals surface area contributed by atoms with E-state index in [0.717, 1.165) is 79.5 Å². The molecule has 0 radical (unpaired) electrons. The Morgan fingerprint density at radius 1 is 0.825 bits per heavy atom. The van der Waals surface area contributed by atoms with Crippen LogP contribution in [0.15, 0.2) is 54.7 Å². The van der Waals surface area contributed by atoms with Gasteiger partial charge in [-0.3, -0.25) is 9.59 Å². The van der Waals surface area contributed by atoms with Crippen LogP contribution in [0, 0.1) is 0 Å². The number of carbonyl (C=O) groups excluding carboxylic acids is 3. The summed E-state index contributed by atoms with van der Waals surface area (Å²) >= 11 is 0. The van der Waals surface area contributed by atoms with Crippen LogP contribution in [0.4, 0.5) is 0 Å². The molecule has 2 aliphatic rings. The number of rotatable bonds is 8. The lowest BCUT2D eigenvalue weighted by Crippen LogP contribution is -2.25. The molecule has 2 aliphatic heterocycles. The monoisotopic (exact) mass is 541 g/mol. The molecule has 0 saturated carbocycles. The van der Waals surface area contributed by atoms with E-state index in [4.69, 9.17) is 9.47 Å². The van der Waals surface area contributed by atoms with E-state index >= 15 is 0 Å². The van der Waals surface area contributed by atoms with E-state index in [1.165, 1.54) is 7.11 Å². The van der Waals surface area contributed by atoms with Gasteiger partial charge in [0, 0.05) is 66.6 Å². The van der Waals surface area contributed by atoms with Crippen LogP contribution >= 0.6 is 0 Å². The number of esters is 1. The predicted molar refractivity (Wildman–Crippen MR) is 155 cm³/mol. The lowest BCUT2D eigenvalue weighted by Gasteiger charge is -2.12. The van der Waals surface area contributed by atoms with Crippen LogP contribution in [0.5, 0.6) is 5.75 Å². The zero-order chi connectivity index (χ0) is 28.1. The largest absolute Gasteiger partial charge is 0.496 e. The standard InChI is InChI=1S/C32H35N3O5/c1-39-29-20-24(32(38)40-2)9-10-26(29)22-35-21-25(11-14-31(37)34-17-5-6-18-34)27-12-7-23(19-28(27)35)8-13-30(36)33-15-3-4-16-33/h7-14,19-21H,3-6,15-18,22H2,1-2H3/b13-8+,14-11+. The molecule has 0 unspecified atom stereocenters. The highest BCUT2D eigenvalue weighted by molar-refractivity contribution is 5.98. The molecule has 2 aromatic carbocycles. The van der Waals surface area contributed by atoms with Crippen LogP contribution in [0.3, 0.4) is 0 Å². The Kier molecular flexibility index (Phi) is 8.34. The fourth-order valence-electron chi connectivity index (χ4n) is 5.42. The van der Waals surface area contributed by atoms with Crippen molar-refractivity contribution in [1.29, 1.82) is 0 Å². The second kappa shape index (κ2) is 12.2. The topological polar surface area (TPSA) is 81.1 Å². The minimum Gasteiger partial charge on any atom is -0.496 e. The molecule has 0 aliphatic carbocycles. The fraction of sp³-hybridized carbons (Fsp3) is 0.344. The van der Waals surface area contributed by atoms with Crippen molar-refractivity contribution in [2.75, 3.05) is 40.4 Å². The number of likely N-dealkylation sites (tertiary alicyclic amines) is 2. The van der Waals surface area contributed by atoms with Gasteiger partial charge in [-0.1, -0.05) is 18.2 Å². The molecule has 1 aromatic heterocycles. The van der Waals surface area contributed by atoms with Gasteiger partial charge in [-0.15, -0.1) is 0 Å². The molecule has 0 N–H and O–H groups in total. The van der Waals surface area contributed by atoms with Gasteiger partial charge in [-0.2, -0.15) is 0 Å². The van der Waals surface area contributed by atoms with Gasteiger partial charge in [0.25, 0.3) is 0 Å². The summed E-state index contributed by atoms with van der Waals surface area (Å²) in [6.45, 7) is 3.71. The van der Waals surface area contributed by atoms with Crippen molar-refractivity contribution in [2.45, 2.75) is 32.2 Å². The van der Waals surface area contributed by atoms with Gasteiger partial charge in [0.1, 0.15) is 5.75 Å². The third-order valence-corrected chi connectivity index (χ3v) is 7.65. The SMILES string of the molecule is COC(=O)c1ccc(Cn2cc(/C=C/C(=O)N3CCCC3)c3ccc(/C=C/C(=O)N4CCCC4)cc32)c(OC)c1. The van der Waals surface area contributed by atoms with E-state index in [2.05, 4.69) is 10.6 Å². The summed E-state index contributed by atoms with van der Waals surface area (Å²) in [7, 11) is 2.93. The summed E-state index contributed by atoms with van der Waals surface area (Å²) in [6, 6.07) is 11.3. The highest BCUT2D eigenvalue weighted by Crippen LogP contribution is 2.29. The Morgan fingerprint density at radius 2 is 1.48 bits per heavy atom. The number of hydrogen-bond acceptors (Lipinski definition) is 5. The van der Waals surface area contributed by atoms with Crippen LogP contribution in [0.2, 0.25) is 0 Å². The van der Waals surface area contributed by atoms with Gasteiger partial charge >= 0.3 is 5.97 Å². The van der Waals surface area contributed by atoms with Gasteiger partial charge in [0.05, 0.1) is 26.3 Å². The lowest BCUT2D eigenvalue weighted by atomic mass is 10.1. The minimum absolute atomic E-state index is 0.0263. The quantitative estimate of drug-likeness (QED) is 0.304. The van der Waals surface area contributed by atoms with Crippen LogP contribution in [0.25, 0.3) is 23.1 Å². The Hall–Kier alpha value is -4.33. The third kappa shape index (κ3) is 5.96. The first-order valence-electron chi connectivity index (χ1n) is 13.8. The molecule has 5 rings (SSSR count). The summed E-state index contributed by atoms with van der Waals surface area (Å²) < 4.78 is 12.6. The Balaban J connectivity index is 1.49. The van der Waals surface area contributed by atoms with Crippen molar-refractivity contribution >= 4 is 40.8 Å². The molecule has 0 atom stereocenters. The van der Waals surface area contributed by atoms with Crippen molar-refractivity contribution in [2.24, 2.45) is 0 Å². The van der Waals surface area contributed by atoms with E-state index in [9.17, 15) is 14.4 Å². The number of benzene rings is 2. The van der Waals surface area contributed by atoms with Crippen LogP contribution < -0.4 is 4.74 Å². The van der Waals surface area contributed by atoms with Gasteiger partial charge in [-0.25, -0.2) is 4.79 Å². The lowest BCUT2D eigenvalue weighted by molar-refractivity contribution is -0.125. The number of carbonyl (C=O) groups is 3. The van der Waals surface area contributed by atoms with Crippen molar-refractivity contribution in [3.63, 3.8) is 0 Å². The molecule has 2 saturated heterocycles. The summed E-state index contributed by atoms with van der Waals surface area (Å²) in [5.74, 6) is 0.218. The smallest absolute Gasteiger partial charge is 0.337 e. The number of hydrogen-bond donors (Lipinski definition) is 0. The van der Waals surface area contributed by atoms with Gasteiger partial charge in [0.15, 0.2) is 0 Å². The maximum Gasteiger partial charge on any atom is 0.337 e. The molecule has 8 heteroatoms. The highest BCUT2D eigenvalue weighted by Gasteiger charge is 2.18. The maximum absolute atomic E-state index is 12.7. The second-order valence-electron chi connectivity index (χ2n) is 10.2. The van der Waals surface area contributed by atoms with Crippen LogP contribution in [-0.2, 0) is 20.9 Å². The highest BCUT2D eigenvalue weighted by atomic mass is 16.5. The number of fused-ring (bicyclic) bond motifs is 1. The maximum atomic E-state index is 12.7. The van der Waals surface area contributed by atoms with Crippen LogP contribution in [0.1, 0.15) is 52.7 Å². The molecule has 40 heavy (non-hydrogen) atoms. The Bertz CT molecular complexity index is 1470. The molecular weight excluding hydrogens is 506 g/mol. The molecule has 8 nitrogen and oxygen atoms in total. The number of ether oxygens (including phenoxy) is 2. The van der Waals surface area contributed by atoms with E-state index in [-0.39, 0.29) is 11.8 Å². The average molecular weight is 542 g/mol. The zero-order valence-electron chi connectivity index (χ0n) is 23.1. The summed E-state index contributed by atoms with van der Waals surface area (Å²) in [4.78, 5) is 41.0. The number of methoxy groups -OCH3 is 2. The van der Waals surface area contributed by atoms with E-state index in [1.54, 1.807) is 31.4 Å². The molecule has 3 heterocycles. The molecule has 0 spiro atoms. The fourth-order valence-corrected chi connectivity index (χ4v) is 5.42. The summed E-state index contributed by atoms with van der Waals surface area (Å²) in [5.41, 5.74) is 4.11. The molecule has 0 bridgehead atoms. The van der Waals surface area contributed by atoms with E-state index in [0.29, 0.717) is 17.9 Å². The number of amides is 2. The Labute approximate surface area is 234 Å². The van der Waals surface area contributed by atoms with Crippen LogP contribution in [-0.4, -0.2) is 72.5 Å². The summed E-state index contributed by atoms with van der Waals surface area (Å²) in [6.07, 6.45) is 13.3. The molecule has 2 amide bonds. The van der Waals surface area contributed by atoms with E-state index in [1.807, 2.05) is 46.3 Å². The normalized spacial score (nSPS) is 15.6. The van der Waals surface area contributed by atoms with Crippen molar-refractivity contribution in [3.8, 4) is 5.75 Å². The average Bonchev–Trinajstić information content (AvgIpc) is 3.77. The van der Waals surface area contributed by atoms with Crippen molar-refractivity contribution < 1.29 is 23.9 Å². The first-order valence-corrected chi connectivity index (χ1v) is 13.8. The van der Waals surface area contributed by atoms with Crippen molar-refractivity contribution in [1.82, 2.24) is 14.4 Å². The Morgan fingerprint density at radius 3 is 2.10 bits per heavy atom. The first kappa shape index (κ1) is 27.2. The molecule has 208 valence electrons. The van der Waals surface area contributed by atoms with Crippen molar-refractivity contribution in [3.05, 3.63) is 77.0 Å². The molecule has 2 fully saturated rings. The van der Waals surface area contributed by atoms with Gasteiger partial charge < -0.3 is 23.8 Å². The summed E-state index contributed by atoms with van der Waals surface area (Å²) in [5, 5.41) is 0.999. The zero-order valence-corrected chi connectivity index (χ0v) is 23.1. The van der Waals surface area contributed by atoms with Gasteiger partial charge in [0.2, 0.25) is 11.8 Å². The number of nitrogens with zero attached hydrogens (tertiary/aromatic N) is 3. The molecular formula is C32H35N3O5. The second-order valence-corrected chi connectivity index (χ2v) is 10.2. The number of aromatic nitrogens is 1.